The second-order valence-corrected chi connectivity index (χ2v) is 2.56. The number of esters is 1. The molecular weight excluding hydrogens is 198 g/mol. The summed E-state index contributed by atoms with van der Waals surface area (Å²) in [5.41, 5.74) is 6.03. The highest BCUT2D eigenvalue weighted by molar-refractivity contribution is 5.91. The van der Waals surface area contributed by atoms with Gasteiger partial charge in [-0.05, 0) is 6.08 Å². The smallest absolute Gasteiger partial charge is 0.360 e. The van der Waals surface area contributed by atoms with Crippen molar-refractivity contribution in [2.45, 2.75) is 0 Å². The Hall–Kier alpha value is -2.11. The zero-order valence-electron chi connectivity index (χ0n) is 8.43. The van der Waals surface area contributed by atoms with Gasteiger partial charge in [-0.1, -0.05) is 0 Å². The Balaban J connectivity index is 2.98. The fourth-order valence-corrected chi connectivity index (χ4v) is 0.890. The molecule has 1 rings (SSSR count). The largest absolute Gasteiger partial charge is 0.504 e. The van der Waals surface area contributed by atoms with Gasteiger partial charge in [0.2, 0.25) is 0 Å². The Labute approximate surface area is 86.7 Å². The van der Waals surface area contributed by atoms with Gasteiger partial charge in [-0.3, -0.25) is 0 Å². The van der Waals surface area contributed by atoms with Crippen LogP contribution >= 0.6 is 0 Å². The molecular formula is C9H11N3O3. The summed E-state index contributed by atoms with van der Waals surface area (Å²) in [5.74, 6) is -0.581. The van der Waals surface area contributed by atoms with Crippen LogP contribution in [0.5, 0.6) is 0 Å². The van der Waals surface area contributed by atoms with Crippen LogP contribution < -0.4 is 5.73 Å². The molecule has 2 N–H and O–H groups in total. The quantitative estimate of drug-likeness (QED) is 0.574. The molecule has 0 aliphatic rings. The molecule has 0 aromatic carbocycles. The minimum atomic E-state index is -0.609. The minimum Gasteiger partial charge on any atom is -0.504 e. The third kappa shape index (κ3) is 2.67. The summed E-state index contributed by atoms with van der Waals surface area (Å²) >= 11 is 0. The van der Waals surface area contributed by atoms with E-state index < -0.39 is 5.97 Å². The van der Waals surface area contributed by atoms with E-state index in [1.165, 1.54) is 26.7 Å². The van der Waals surface area contributed by atoms with Gasteiger partial charge in [-0.15, -0.1) is 0 Å². The monoisotopic (exact) mass is 209 g/mol. The van der Waals surface area contributed by atoms with E-state index >= 15 is 0 Å². The number of nitrogens with zero attached hydrogens (tertiary/aromatic N) is 2. The molecule has 0 amide bonds. The van der Waals surface area contributed by atoms with Gasteiger partial charge in [-0.2, -0.15) is 0 Å². The first-order valence-corrected chi connectivity index (χ1v) is 4.09. The molecule has 1 aromatic heterocycles. The standard InChI is InChI=1S/C9H11N3O3/c1-14-4-3-6-5-11-7(8(10)12-6)9(13)15-2/h3-5H,1-2H3,(H2,10,12)/b4-3-. The molecule has 0 bridgehead atoms. The molecule has 0 atom stereocenters. The Morgan fingerprint density at radius 1 is 1.53 bits per heavy atom. The van der Waals surface area contributed by atoms with Crippen LogP contribution in [0.25, 0.3) is 6.08 Å². The maximum absolute atomic E-state index is 11.1. The number of rotatable bonds is 3. The van der Waals surface area contributed by atoms with Gasteiger partial charge in [0.15, 0.2) is 11.5 Å². The second-order valence-electron chi connectivity index (χ2n) is 2.56. The van der Waals surface area contributed by atoms with Crippen LogP contribution in [0.1, 0.15) is 16.2 Å². The van der Waals surface area contributed by atoms with Gasteiger partial charge in [0.1, 0.15) is 0 Å². The molecule has 0 radical (unpaired) electrons. The lowest BCUT2D eigenvalue weighted by molar-refractivity contribution is 0.0595. The van der Waals surface area contributed by atoms with Crippen LogP contribution in [0.3, 0.4) is 0 Å². The predicted octanol–water partition coefficient (Wildman–Crippen LogP) is 0.463. The molecule has 0 saturated carbocycles. The topological polar surface area (TPSA) is 87.3 Å². The summed E-state index contributed by atoms with van der Waals surface area (Å²) in [6.45, 7) is 0. The van der Waals surface area contributed by atoms with Crippen LogP contribution in [0.15, 0.2) is 12.5 Å². The SMILES string of the molecule is CO/C=C\c1cnc(C(=O)OC)c(N)n1. The normalized spacial score (nSPS) is 10.3. The van der Waals surface area contributed by atoms with Crippen molar-refractivity contribution in [3.05, 3.63) is 23.8 Å². The molecule has 0 spiro atoms. The fraction of sp³-hybridized carbons (Fsp3) is 0.222. The molecule has 1 aromatic rings. The summed E-state index contributed by atoms with van der Waals surface area (Å²) in [6, 6.07) is 0. The number of hydrogen-bond donors (Lipinski definition) is 1. The molecule has 15 heavy (non-hydrogen) atoms. The molecule has 0 unspecified atom stereocenters. The van der Waals surface area contributed by atoms with Gasteiger partial charge >= 0.3 is 5.97 Å². The van der Waals surface area contributed by atoms with E-state index in [9.17, 15) is 4.79 Å². The van der Waals surface area contributed by atoms with Gasteiger partial charge < -0.3 is 15.2 Å². The molecule has 0 aliphatic heterocycles. The number of aromatic nitrogens is 2. The Kier molecular flexibility index (Phi) is 3.61. The number of hydrogen-bond acceptors (Lipinski definition) is 6. The summed E-state index contributed by atoms with van der Waals surface area (Å²) in [5, 5.41) is 0. The van der Waals surface area contributed by atoms with Crippen LogP contribution in [0, 0.1) is 0 Å². The summed E-state index contributed by atoms with van der Waals surface area (Å²) in [4.78, 5) is 18.9. The minimum absolute atomic E-state index is 0.00654. The number of carbonyl (C=O) groups excluding carboxylic acids is 1. The van der Waals surface area contributed by atoms with Crippen molar-refractivity contribution in [2.24, 2.45) is 0 Å². The first kappa shape index (κ1) is 11.0. The van der Waals surface area contributed by atoms with Crippen molar-refractivity contribution >= 4 is 17.9 Å². The summed E-state index contributed by atoms with van der Waals surface area (Å²) in [6.07, 6.45) is 4.41. The van der Waals surface area contributed by atoms with Crippen LogP contribution in [-0.4, -0.2) is 30.2 Å². The third-order valence-electron chi connectivity index (χ3n) is 1.57. The molecule has 0 saturated heterocycles. The van der Waals surface area contributed by atoms with Crippen LogP contribution in [-0.2, 0) is 9.47 Å². The summed E-state index contributed by atoms with van der Waals surface area (Å²) < 4.78 is 9.18. The van der Waals surface area contributed by atoms with E-state index in [1.54, 1.807) is 6.08 Å². The van der Waals surface area contributed by atoms with Crippen LogP contribution in [0.2, 0.25) is 0 Å². The van der Waals surface area contributed by atoms with E-state index in [2.05, 4.69) is 14.7 Å². The Morgan fingerprint density at radius 2 is 2.27 bits per heavy atom. The maximum Gasteiger partial charge on any atom is 0.360 e. The van der Waals surface area contributed by atoms with Crippen molar-refractivity contribution < 1.29 is 14.3 Å². The maximum atomic E-state index is 11.1. The fourth-order valence-electron chi connectivity index (χ4n) is 0.890. The van der Waals surface area contributed by atoms with Crippen molar-refractivity contribution in [3.8, 4) is 0 Å². The van der Waals surface area contributed by atoms with E-state index in [-0.39, 0.29) is 11.5 Å². The molecule has 80 valence electrons. The molecule has 0 aliphatic carbocycles. The number of ether oxygens (including phenoxy) is 2. The molecule has 6 heteroatoms. The highest BCUT2D eigenvalue weighted by atomic mass is 16.5. The predicted molar refractivity (Wildman–Crippen MR) is 53.8 cm³/mol. The first-order chi connectivity index (χ1) is 7.19. The highest BCUT2D eigenvalue weighted by Gasteiger charge is 2.12. The Bertz CT molecular complexity index is 390. The van der Waals surface area contributed by atoms with Crippen molar-refractivity contribution in [1.82, 2.24) is 9.97 Å². The van der Waals surface area contributed by atoms with Crippen molar-refractivity contribution in [1.29, 1.82) is 0 Å². The Morgan fingerprint density at radius 3 is 2.80 bits per heavy atom. The van der Waals surface area contributed by atoms with Gasteiger partial charge in [-0.25, -0.2) is 14.8 Å². The number of carbonyl (C=O) groups is 1. The first-order valence-electron chi connectivity index (χ1n) is 4.09. The molecule has 0 fully saturated rings. The highest BCUT2D eigenvalue weighted by Crippen LogP contribution is 2.08. The zero-order chi connectivity index (χ0) is 11.3. The lowest BCUT2D eigenvalue weighted by Gasteiger charge is -2.01. The van der Waals surface area contributed by atoms with E-state index in [4.69, 9.17) is 10.5 Å². The van der Waals surface area contributed by atoms with E-state index in [0.717, 1.165) is 0 Å². The second kappa shape index (κ2) is 4.94. The van der Waals surface area contributed by atoms with Crippen molar-refractivity contribution in [2.75, 3.05) is 20.0 Å². The number of nitrogen functional groups attached to an aromatic ring is 1. The average molecular weight is 209 g/mol. The van der Waals surface area contributed by atoms with Gasteiger partial charge in [0.25, 0.3) is 0 Å². The van der Waals surface area contributed by atoms with E-state index in [0.29, 0.717) is 5.69 Å². The lowest BCUT2D eigenvalue weighted by Crippen LogP contribution is -2.10. The van der Waals surface area contributed by atoms with E-state index in [1.807, 2.05) is 0 Å². The number of nitrogens with two attached hydrogens (primary N) is 1. The zero-order valence-corrected chi connectivity index (χ0v) is 8.43. The van der Waals surface area contributed by atoms with Gasteiger partial charge in [0, 0.05) is 0 Å². The molecule has 1 heterocycles. The third-order valence-corrected chi connectivity index (χ3v) is 1.57. The van der Waals surface area contributed by atoms with Crippen molar-refractivity contribution in [3.63, 3.8) is 0 Å². The lowest BCUT2D eigenvalue weighted by atomic mass is 10.3. The van der Waals surface area contributed by atoms with Crippen LogP contribution in [0.4, 0.5) is 5.82 Å². The average Bonchev–Trinajstić information content (AvgIpc) is 2.25. The molecule has 6 nitrogen and oxygen atoms in total. The van der Waals surface area contributed by atoms with Gasteiger partial charge in [0.05, 0.1) is 32.4 Å². The summed E-state index contributed by atoms with van der Waals surface area (Å²) in [7, 11) is 2.76. The number of anilines is 1. The number of methoxy groups -OCH3 is 2.